The van der Waals surface area contributed by atoms with Gasteiger partial charge in [0, 0.05) is 13.1 Å². The predicted molar refractivity (Wildman–Crippen MR) is 38.7 cm³/mol. The summed E-state index contributed by atoms with van der Waals surface area (Å²) in [4.78, 5) is 1.79. The first-order valence-electron chi connectivity index (χ1n) is 3.83. The Kier molecular flexibility index (Phi) is 2.02. The zero-order valence-corrected chi connectivity index (χ0v) is 6.46. The first-order chi connectivity index (χ1) is 5.77. The van der Waals surface area contributed by atoms with Gasteiger partial charge in [-0.1, -0.05) is 0 Å². The summed E-state index contributed by atoms with van der Waals surface area (Å²) >= 11 is 0. The summed E-state index contributed by atoms with van der Waals surface area (Å²) in [6.45, 7) is 1.05. The molecule has 12 heavy (non-hydrogen) atoms. The Labute approximate surface area is 69.8 Å². The van der Waals surface area contributed by atoms with Crippen LogP contribution in [0.5, 0.6) is 0 Å². The van der Waals surface area contributed by atoms with Gasteiger partial charge >= 0.3 is 0 Å². The van der Waals surface area contributed by atoms with Gasteiger partial charge in [-0.05, 0) is 6.08 Å². The quantitative estimate of drug-likeness (QED) is 0.483. The number of aliphatic hydroxyl groups excluding tert-OH is 2. The van der Waals surface area contributed by atoms with Crippen molar-refractivity contribution in [2.24, 2.45) is 0 Å². The van der Waals surface area contributed by atoms with Gasteiger partial charge in [-0.2, -0.15) is 0 Å². The van der Waals surface area contributed by atoms with Crippen LogP contribution in [0.15, 0.2) is 12.3 Å². The summed E-state index contributed by atoms with van der Waals surface area (Å²) in [5, 5.41) is 18.3. The number of hydrogen-bond donors (Lipinski definition) is 2. The highest BCUT2D eigenvalue weighted by Gasteiger charge is 2.35. The maximum Gasteiger partial charge on any atom is 0.263 e. The Balaban J connectivity index is 2.04. The van der Waals surface area contributed by atoms with E-state index in [0.29, 0.717) is 13.1 Å². The van der Waals surface area contributed by atoms with E-state index in [4.69, 9.17) is 14.6 Å². The van der Waals surface area contributed by atoms with Gasteiger partial charge in [0.15, 0.2) is 6.29 Å². The third-order valence-corrected chi connectivity index (χ3v) is 1.94. The minimum Gasteiger partial charge on any atom is -0.459 e. The number of fused-ring (bicyclic) bond motifs is 1. The van der Waals surface area contributed by atoms with Crippen molar-refractivity contribution in [1.82, 2.24) is 4.90 Å². The van der Waals surface area contributed by atoms with Gasteiger partial charge in [-0.15, -0.1) is 0 Å². The molecule has 1 saturated heterocycles. The smallest absolute Gasteiger partial charge is 0.263 e. The van der Waals surface area contributed by atoms with Crippen LogP contribution in [0.25, 0.3) is 0 Å². The molecular weight excluding hydrogens is 162 g/mol. The molecule has 0 aromatic heterocycles. The Morgan fingerprint density at radius 3 is 3.08 bits per heavy atom. The lowest BCUT2D eigenvalue weighted by Crippen LogP contribution is -2.55. The van der Waals surface area contributed by atoms with Crippen LogP contribution in [0, 0.1) is 0 Å². The fourth-order valence-electron chi connectivity index (χ4n) is 1.29. The molecule has 3 atom stereocenters. The molecule has 68 valence electrons. The molecule has 5 heteroatoms. The van der Waals surface area contributed by atoms with Gasteiger partial charge in [0.2, 0.25) is 0 Å². The molecular formula is C7H11NO4. The van der Waals surface area contributed by atoms with Gasteiger partial charge in [-0.25, -0.2) is 4.90 Å². The van der Waals surface area contributed by atoms with Crippen LogP contribution >= 0.6 is 0 Å². The zero-order valence-electron chi connectivity index (χ0n) is 6.46. The number of aliphatic hydroxyl groups is 2. The molecule has 2 heterocycles. The van der Waals surface area contributed by atoms with Crippen LogP contribution in [0.3, 0.4) is 0 Å². The highest BCUT2D eigenvalue weighted by molar-refractivity contribution is 4.86. The van der Waals surface area contributed by atoms with Crippen molar-refractivity contribution >= 4 is 0 Å². The minimum absolute atomic E-state index is 0.371. The highest BCUT2D eigenvalue weighted by atomic mass is 16.8. The van der Waals surface area contributed by atoms with Crippen LogP contribution in [0.2, 0.25) is 0 Å². The molecule has 1 fully saturated rings. The minimum atomic E-state index is -1.14. The first-order valence-corrected chi connectivity index (χ1v) is 3.83. The van der Waals surface area contributed by atoms with Gasteiger partial charge in [-0.3, -0.25) is 4.74 Å². The van der Waals surface area contributed by atoms with E-state index < -0.39 is 18.8 Å². The van der Waals surface area contributed by atoms with Crippen LogP contribution in [-0.4, -0.2) is 47.0 Å². The molecule has 0 radical (unpaired) electrons. The molecule has 2 aliphatic heterocycles. The second-order valence-electron chi connectivity index (χ2n) is 2.86. The highest BCUT2D eigenvalue weighted by Crippen LogP contribution is 2.18. The first kappa shape index (κ1) is 8.00. The largest absolute Gasteiger partial charge is 0.459 e. The van der Waals surface area contributed by atoms with E-state index in [1.807, 2.05) is 6.08 Å². The van der Waals surface area contributed by atoms with E-state index in [-0.39, 0.29) is 0 Å². The molecule has 2 rings (SSSR count). The average molecular weight is 173 g/mol. The van der Waals surface area contributed by atoms with Gasteiger partial charge in [0.05, 0.1) is 6.26 Å². The molecule has 0 aromatic rings. The average Bonchev–Trinajstić information content (AvgIpc) is 2.07. The standard InChI is InChI=1S/C7H11NO4/c9-5-4-8-2-1-3-11-7(8)12-6(5)10/h1,3,5-7,9-10H,2,4H2. The third kappa shape index (κ3) is 1.32. The number of hydrogen-bond acceptors (Lipinski definition) is 5. The summed E-state index contributed by atoms with van der Waals surface area (Å²) in [5.74, 6) is 0. The molecule has 0 spiro atoms. The Morgan fingerprint density at radius 2 is 2.25 bits per heavy atom. The molecule has 0 aromatic carbocycles. The molecule has 2 N–H and O–H groups in total. The fraction of sp³-hybridized carbons (Fsp3) is 0.714. The summed E-state index contributed by atoms with van der Waals surface area (Å²) in [5.41, 5.74) is 0. The monoisotopic (exact) mass is 173 g/mol. The number of rotatable bonds is 0. The summed E-state index contributed by atoms with van der Waals surface area (Å²) in [7, 11) is 0. The van der Waals surface area contributed by atoms with E-state index in [0.717, 1.165) is 0 Å². The second kappa shape index (κ2) is 3.02. The Morgan fingerprint density at radius 1 is 1.42 bits per heavy atom. The SMILES string of the molecule is OC1CN2CC=COC2OC1O. The van der Waals surface area contributed by atoms with Crippen LogP contribution in [0.4, 0.5) is 0 Å². The third-order valence-electron chi connectivity index (χ3n) is 1.94. The van der Waals surface area contributed by atoms with Crippen molar-refractivity contribution in [2.45, 2.75) is 18.8 Å². The lowest BCUT2D eigenvalue weighted by molar-refractivity contribution is -0.325. The summed E-state index contributed by atoms with van der Waals surface area (Å²) < 4.78 is 10.0. The predicted octanol–water partition coefficient (Wildman–Crippen LogP) is -1.17. The molecule has 0 amide bonds. The zero-order chi connectivity index (χ0) is 8.55. The molecule has 2 aliphatic rings. The van der Waals surface area contributed by atoms with Crippen LogP contribution in [0.1, 0.15) is 0 Å². The molecule has 0 aliphatic carbocycles. The lowest BCUT2D eigenvalue weighted by Gasteiger charge is -2.40. The molecule has 0 saturated carbocycles. The van der Waals surface area contributed by atoms with E-state index >= 15 is 0 Å². The maximum absolute atomic E-state index is 9.22. The topological polar surface area (TPSA) is 62.2 Å². The van der Waals surface area contributed by atoms with Crippen molar-refractivity contribution in [3.05, 3.63) is 12.3 Å². The van der Waals surface area contributed by atoms with Crippen molar-refractivity contribution < 1.29 is 19.7 Å². The summed E-state index contributed by atoms with van der Waals surface area (Å²) in [6, 6.07) is 0. The maximum atomic E-state index is 9.22. The van der Waals surface area contributed by atoms with Gasteiger partial charge in [0.25, 0.3) is 6.41 Å². The van der Waals surface area contributed by atoms with Crippen molar-refractivity contribution in [3.63, 3.8) is 0 Å². The van der Waals surface area contributed by atoms with Crippen molar-refractivity contribution in [1.29, 1.82) is 0 Å². The van der Waals surface area contributed by atoms with Crippen molar-refractivity contribution in [2.75, 3.05) is 13.1 Å². The van der Waals surface area contributed by atoms with Crippen LogP contribution < -0.4 is 0 Å². The van der Waals surface area contributed by atoms with E-state index in [1.165, 1.54) is 6.26 Å². The number of nitrogens with zero attached hydrogens (tertiary/aromatic N) is 1. The van der Waals surface area contributed by atoms with E-state index in [1.54, 1.807) is 4.90 Å². The summed E-state index contributed by atoms with van der Waals surface area (Å²) in [6.07, 6.45) is 0.818. The molecule has 0 bridgehead atoms. The molecule has 5 nitrogen and oxygen atoms in total. The fourth-order valence-corrected chi connectivity index (χ4v) is 1.29. The number of ether oxygens (including phenoxy) is 2. The normalized spacial score (nSPS) is 42.0. The Hall–Kier alpha value is -0.620. The molecule has 3 unspecified atom stereocenters. The van der Waals surface area contributed by atoms with E-state index in [2.05, 4.69) is 0 Å². The van der Waals surface area contributed by atoms with Crippen molar-refractivity contribution in [3.8, 4) is 0 Å². The van der Waals surface area contributed by atoms with E-state index in [9.17, 15) is 5.11 Å². The second-order valence-corrected chi connectivity index (χ2v) is 2.86. The lowest BCUT2D eigenvalue weighted by atomic mass is 10.3. The Bertz CT molecular complexity index is 176. The van der Waals surface area contributed by atoms with Gasteiger partial charge in [0.1, 0.15) is 6.10 Å². The van der Waals surface area contributed by atoms with Crippen LogP contribution in [-0.2, 0) is 9.47 Å². The van der Waals surface area contributed by atoms with Gasteiger partial charge < -0.3 is 14.9 Å².